The second kappa shape index (κ2) is 8.10. The van der Waals surface area contributed by atoms with Gasteiger partial charge in [0.1, 0.15) is 0 Å². The molecule has 0 spiro atoms. The zero-order chi connectivity index (χ0) is 12.6. The van der Waals surface area contributed by atoms with Crippen LogP contribution in [0.15, 0.2) is 0 Å². The molecular weight excluding hydrogens is 208 g/mol. The second-order valence-corrected chi connectivity index (χ2v) is 4.12. The fourth-order valence-electron chi connectivity index (χ4n) is 1.32. The number of rotatable bonds is 8. The smallest absolute Gasteiger partial charge is 0.308 e. The molecule has 1 amide bonds. The largest absolute Gasteiger partial charge is 0.481 e. The third kappa shape index (κ3) is 7.23. The minimum atomic E-state index is -0.863. The van der Waals surface area contributed by atoms with Gasteiger partial charge in [-0.1, -0.05) is 6.92 Å². The minimum absolute atomic E-state index is 0.0969. The van der Waals surface area contributed by atoms with Crippen LogP contribution in [-0.2, 0) is 9.59 Å². The van der Waals surface area contributed by atoms with E-state index in [1.807, 2.05) is 6.92 Å². The summed E-state index contributed by atoms with van der Waals surface area (Å²) in [5, 5.41) is 11.4. The summed E-state index contributed by atoms with van der Waals surface area (Å²) < 4.78 is 0. The van der Waals surface area contributed by atoms with Crippen LogP contribution in [0.4, 0.5) is 0 Å². The highest BCUT2D eigenvalue weighted by atomic mass is 16.4. The van der Waals surface area contributed by atoms with Crippen molar-refractivity contribution < 1.29 is 14.7 Å². The number of aliphatic carboxylic acids is 1. The van der Waals surface area contributed by atoms with Gasteiger partial charge in [-0.3, -0.25) is 9.59 Å². The maximum Gasteiger partial charge on any atom is 0.308 e. The summed E-state index contributed by atoms with van der Waals surface area (Å²) in [5.74, 6) is -1.45. The van der Waals surface area contributed by atoms with E-state index in [9.17, 15) is 9.59 Å². The SMILES string of the molecule is CCC(CNC(=O)CCCC(C)N)C(=O)O. The number of carbonyl (C=O) groups is 2. The van der Waals surface area contributed by atoms with Crippen LogP contribution in [0.3, 0.4) is 0 Å². The highest BCUT2D eigenvalue weighted by Gasteiger charge is 2.15. The molecule has 0 aromatic carbocycles. The van der Waals surface area contributed by atoms with Crippen molar-refractivity contribution in [2.75, 3.05) is 6.54 Å². The van der Waals surface area contributed by atoms with Crippen molar-refractivity contribution in [1.29, 1.82) is 0 Å². The fourth-order valence-corrected chi connectivity index (χ4v) is 1.32. The molecule has 0 heterocycles. The molecule has 0 aliphatic carbocycles. The van der Waals surface area contributed by atoms with Crippen LogP contribution in [0.1, 0.15) is 39.5 Å². The van der Waals surface area contributed by atoms with Gasteiger partial charge in [-0.15, -0.1) is 0 Å². The lowest BCUT2D eigenvalue weighted by Crippen LogP contribution is -2.32. The van der Waals surface area contributed by atoms with Crippen molar-refractivity contribution in [3.63, 3.8) is 0 Å². The molecule has 0 aromatic rings. The number of hydrogen-bond donors (Lipinski definition) is 3. The van der Waals surface area contributed by atoms with Crippen LogP contribution in [0, 0.1) is 5.92 Å². The average molecular weight is 230 g/mol. The molecule has 0 fully saturated rings. The number of carboxylic acid groups (broad SMARTS) is 1. The summed E-state index contributed by atoms with van der Waals surface area (Å²) in [7, 11) is 0. The summed E-state index contributed by atoms with van der Waals surface area (Å²) in [6, 6.07) is 0.107. The predicted octanol–water partition coefficient (Wildman–Crippen LogP) is 0.731. The van der Waals surface area contributed by atoms with Crippen molar-refractivity contribution >= 4 is 11.9 Å². The fraction of sp³-hybridized carbons (Fsp3) is 0.818. The van der Waals surface area contributed by atoms with Gasteiger partial charge in [0.25, 0.3) is 0 Å². The lowest BCUT2D eigenvalue weighted by Gasteiger charge is -2.11. The molecule has 5 heteroatoms. The zero-order valence-corrected chi connectivity index (χ0v) is 10.0. The van der Waals surface area contributed by atoms with Gasteiger partial charge >= 0.3 is 5.97 Å². The number of carboxylic acids is 1. The molecule has 2 atom stereocenters. The van der Waals surface area contributed by atoms with E-state index in [0.717, 1.165) is 12.8 Å². The zero-order valence-electron chi connectivity index (χ0n) is 10.0. The Kier molecular flexibility index (Phi) is 7.54. The Balaban J connectivity index is 3.67. The van der Waals surface area contributed by atoms with Gasteiger partial charge in [0, 0.05) is 19.0 Å². The van der Waals surface area contributed by atoms with Crippen molar-refractivity contribution in [2.45, 2.75) is 45.6 Å². The molecule has 0 bridgehead atoms. The van der Waals surface area contributed by atoms with Gasteiger partial charge in [0.15, 0.2) is 0 Å². The van der Waals surface area contributed by atoms with E-state index in [-0.39, 0.29) is 18.5 Å². The van der Waals surface area contributed by atoms with Crippen molar-refractivity contribution in [3.8, 4) is 0 Å². The minimum Gasteiger partial charge on any atom is -0.481 e. The monoisotopic (exact) mass is 230 g/mol. The van der Waals surface area contributed by atoms with Crippen LogP contribution < -0.4 is 11.1 Å². The van der Waals surface area contributed by atoms with Crippen LogP contribution in [-0.4, -0.2) is 29.6 Å². The van der Waals surface area contributed by atoms with Crippen molar-refractivity contribution in [3.05, 3.63) is 0 Å². The Bertz CT molecular complexity index is 229. The van der Waals surface area contributed by atoms with E-state index in [4.69, 9.17) is 10.8 Å². The molecule has 0 aliphatic heterocycles. The number of nitrogens with two attached hydrogens (primary N) is 1. The summed E-state index contributed by atoms with van der Waals surface area (Å²) >= 11 is 0. The average Bonchev–Trinajstić information content (AvgIpc) is 2.17. The van der Waals surface area contributed by atoms with Gasteiger partial charge in [0.2, 0.25) is 5.91 Å². The molecule has 94 valence electrons. The van der Waals surface area contributed by atoms with Gasteiger partial charge < -0.3 is 16.2 Å². The number of carbonyl (C=O) groups excluding carboxylic acids is 1. The number of hydrogen-bond acceptors (Lipinski definition) is 3. The molecular formula is C11H22N2O3. The Labute approximate surface area is 96.4 Å². The standard InChI is InChI=1S/C11H22N2O3/c1-3-9(11(15)16)7-13-10(14)6-4-5-8(2)12/h8-9H,3-7,12H2,1-2H3,(H,13,14)(H,15,16). The van der Waals surface area contributed by atoms with E-state index in [1.165, 1.54) is 0 Å². The summed E-state index contributed by atoms with van der Waals surface area (Å²) in [5.41, 5.74) is 5.55. The third-order valence-corrected chi connectivity index (χ3v) is 2.45. The normalized spacial score (nSPS) is 14.2. The van der Waals surface area contributed by atoms with Crippen LogP contribution >= 0.6 is 0 Å². The maximum atomic E-state index is 11.3. The van der Waals surface area contributed by atoms with E-state index < -0.39 is 11.9 Å². The Morgan fingerprint density at radius 2 is 2.06 bits per heavy atom. The van der Waals surface area contributed by atoms with Gasteiger partial charge in [-0.05, 0) is 26.2 Å². The first-order valence-electron chi connectivity index (χ1n) is 5.72. The molecule has 0 saturated carbocycles. The van der Waals surface area contributed by atoms with E-state index in [2.05, 4.69) is 5.32 Å². The topological polar surface area (TPSA) is 92.4 Å². The highest BCUT2D eigenvalue weighted by molar-refractivity contribution is 5.77. The molecule has 5 nitrogen and oxygen atoms in total. The lowest BCUT2D eigenvalue weighted by atomic mass is 10.1. The molecule has 16 heavy (non-hydrogen) atoms. The van der Waals surface area contributed by atoms with E-state index in [1.54, 1.807) is 6.92 Å². The first-order valence-corrected chi connectivity index (χ1v) is 5.72. The van der Waals surface area contributed by atoms with Crippen LogP contribution in [0.5, 0.6) is 0 Å². The van der Waals surface area contributed by atoms with E-state index >= 15 is 0 Å². The maximum absolute atomic E-state index is 11.3. The molecule has 0 rings (SSSR count). The first kappa shape index (κ1) is 14.9. The quantitative estimate of drug-likeness (QED) is 0.573. The molecule has 0 aliphatic rings. The Morgan fingerprint density at radius 3 is 2.50 bits per heavy atom. The van der Waals surface area contributed by atoms with Gasteiger partial charge in [0.05, 0.1) is 5.92 Å². The molecule has 0 radical (unpaired) electrons. The summed E-state index contributed by atoms with van der Waals surface area (Å²) in [4.78, 5) is 22.0. The second-order valence-electron chi connectivity index (χ2n) is 4.12. The molecule has 4 N–H and O–H groups in total. The molecule has 0 aromatic heterocycles. The molecule has 2 unspecified atom stereocenters. The Morgan fingerprint density at radius 1 is 1.44 bits per heavy atom. The predicted molar refractivity (Wildman–Crippen MR) is 61.9 cm³/mol. The van der Waals surface area contributed by atoms with Gasteiger partial charge in [-0.25, -0.2) is 0 Å². The third-order valence-electron chi connectivity index (χ3n) is 2.45. The highest BCUT2D eigenvalue weighted by Crippen LogP contribution is 2.02. The van der Waals surface area contributed by atoms with Crippen molar-refractivity contribution in [1.82, 2.24) is 5.32 Å². The van der Waals surface area contributed by atoms with Crippen LogP contribution in [0.25, 0.3) is 0 Å². The Hall–Kier alpha value is -1.10. The summed E-state index contributed by atoms with van der Waals surface area (Å²) in [6.07, 6.45) is 2.49. The van der Waals surface area contributed by atoms with Crippen LogP contribution in [0.2, 0.25) is 0 Å². The number of amides is 1. The summed E-state index contributed by atoms with van der Waals surface area (Å²) in [6.45, 7) is 3.90. The van der Waals surface area contributed by atoms with E-state index in [0.29, 0.717) is 12.8 Å². The lowest BCUT2D eigenvalue weighted by molar-refractivity contribution is -0.141. The molecule has 0 saturated heterocycles. The number of nitrogens with one attached hydrogen (secondary N) is 1. The van der Waals surface area contributed by atoms with Gasteiger partial charge in [-0.2, -0.15) is 0 Å². The van der Waals surface area contributed by atoms with Crippen molar-refractivity contribution in [2.24, 2.45) is 11.7 Å². The first-order chi connectivity index (χ1) is 7.47.